The van der Waals surface area contributed by atoms with Crippen LogP contribution in [0, 0.1) is 18.3 Å². The van der Waals surface area contributed by atoms with Gasteiger partial charge in [-0.05, 0) is 23.6 Å². The lowest BCUT2D eigenvalue weighted by Gasteiger charge is -2.23. The Bertz CT molecular complexity index is 1120. The quantitative estimate of drug-likeness (QED) is 0.644. The predicted molar refractivity (Wildman–Crippen MR) is 111 cm³/mol. The highest BCUT2D eigenvalue weighted by Gasteiger charge is 2.37. The predicted octanol–water partition coefficient (Wildman–Crippen LogP) is 1.36. The summed E-state index contributed by atoms with van der Waals surface area (Å²) in [5.41, 5.74) is 1.90. The summed E-state index contributed by atoms with van der Waals surface area (Å²) in [6.45, 7) is 0. The van der Waals surface area contributed by atoms with Gasteiger partial charge in [0.05, 0.1) is 5.92 Å². The van der Waals surface area contributed by atoms with Gasteiger partial charge in [0.25, 0.3) is 11.8 Å². The summed E-state index contributed by atoms with van der Waals surface area (Å²) in [6.07, 6.45) is 8.27. The molecule has 1 aromatic carbocycles. The van der Waals surface area contributed by atoms with Crippen molar-refractivity contribution in [3.05, 3.63) is 71.4 Å². The van der Waals surface area contributed by atoms with E-state index >= 15 is 0 Å². The number of hydrogen-bond donors (Lipinski definition) is 2. The van der Waals surface area contributed by atoms with Gasteiger partial charge >= 0.3 is 0 Å². The van der Waals surface area contributed by atoms with Crippen LogP contribution in [0.3, 0.4) is 0 Å². The molecule has 3 aromatic rings. The lowest BCUT2D eigenvalue weighted by atomic mass is 9.94. The molecule has 4 rings (SSSR count). The molecule has 2 atom stereocenters. The summed E-state index contributed by atoms with van der Waals surface area (Å²) in [5, 5.41) is 10.7. The van der Waals surface area contributed by atoms with Gasteiger partial charge < -0.3 is 10.3 Å². The fourth-order valence-electron chi connectivity index (χ4n) is 3.53. The number of nitrogens with one attached hydrogen (secondary N) is 2. The summed E-state index contributed by atoms with van der Waals surface area (Å²) in [7, 11) is 1.62. The molecule has 3 heterocycles. The van der Waals surface area contributed by atoms with Crippen molar-refractivity contribution in [1.82, 2.24) is 25.5 Å². The average Bonchev–Trinajstić information content (AvgIpc) is 3.21. The Hall–Kier alpha value is -3.99. The maximum absolute atomic E-state index is 13.0. The molecule has 0 unspecified atom stereocenters. The number of carbonyl (C=O) groups is 2. The van der Waals surface area contributed by atoms with Gasteiger partial charge in [0.15, 0.2) is 0 Å². The molecule has 0 radical (unpaired) electrons. The standard InChI is InChI=1S/C22H20N6O2/c1-3-15-13-16-10-7-11-23-20(16)28(2)22(30)18(15)25-21(29)19-24-17(26-27-19)12-14-8-5-4-6-9-14/h1,4-11,15,18H,12-13H2,2H3,(H,25,29)(H,24,26,27)/t15-,18-/m1/s1. The summed E-state index contributed by atoms with van der Waals surface area (Å²) in [5.74, 6) is 2.41. The van der Waals surface area contributed by atoms with Crippen molar-refractivity contribution < 1.29 is 9.59 Å². The van der Waals surface area contributed by atoms with E-state index in [2.05, 4.69) is 31.4 Å². The fraction of sp³-hybridized carbons (Fsp3) is 0.227. The molecule has 8 heteroatoms. The molecular formula is C22H20N6O2. The van der Waals surface area contributed by atoms with Crippen LogP contribution in [-0.4, -0.2) is 45.1 Å². The number of amides is 2. The lowest BCUT2D eigenvalue weighted by Crippen LogP contribution is -2.50. The second-order valence-corrected chi connectivity index (χ2v) is 7.09. The van der Waals surface area contributed by atoms with Gasteiger partial charge in [-0.25, -0.2) is 4.98 Å². The minimum atomic E-state index is -0.899. The maximum Gasteiger partial charge on any atom is 0.289 e. The molecule has 8 nitrogen and oxygen atoms in total. The third kappa shape index (κ3) is 3.78. The summed E-state index contributed by atoms with van der Waals surface area (Å²) < 4.78 is 0. The number of hydrogen-bond acceptors (Lipinski definition) is 5. The zero-order valence-electron chi connectivity index (χ0n) is 16.4. The van der Waals surface area contributed by atoms with Crippen LogP contribution in [0.5, 0.6) is 0 Å². The van der Waals surface area contributed by atoms with Gasteiger partial charge in [0, 0.05) is 19.7 Å². The van der Waals surface area contributed by atoms with Crippen LogP contribution in [0.1, 0.15) is 27.6 Å². The van der Waals surface area contributed by atoms with Crippen molar-refractivity contribution >= 4 is 17.6 Å². The second-order valence-electron chi connectivity index (χ2n) is 7.09. The van der Waals surface area contributed by atoms with Crippen molar-refractivity contribution in [1.29, 1.82) is 0 Å². The average molecular weight is 400 g/mol. The lowest BCUT2D eigenvalue weighted by molar-refractivity contribution is -0.120. The van der Waals surface area contributed by atoms with E-state index in [0.717, 1.165) is 11.1 Å². The topological polar surface area (TPSA) is 104 Å². The number of aromatic nitrogens is 4. The van der Waals surface area contributed by atoms with E-state index in [-0.39, 0.29) is 11.7 Å². The third-order valence-electron chi connectivity index (χ3n) is 5.09. The zero-order chi connectivity index (χ0) is 21.1. The van der Waals surface area contributed by atoms with Gasteiger partial charge in [-0.15, -0.1) is 22.5 Å². The third-order valence-corrected chi connectivity index (χ3v) is 5.09. The number of benzene rings is 1. The number of aromatic amines is 1. The van der Waals surface area contributed by atoms with Gasteiger partial charge in [-0.3, -0.25) is 14.5 Å². The van der Waals surface area contributed by atoms with Gasteiger partial charge in [-0.2, -0.15) is 0 Å². The van der Waals surface area contributed by atoms with E-state index in [1.807, 2.05) is 36.4 Å². The van der Waals surface area contributed by atoms with E-state index in [1.165, 1.54) is 4.90 Å². The van der Waals surface area contributed by atoms with E-state index in [0.29, 0.717) is 24.5 Å². The molecule has 0 spiro atoms. The zero-order valence-corrected chi connectivity index (χ0v) is 16.4. The van der Waals surface area contributed by atoms with Crippen molar-refractivity contribution in [2.75, 3.05) is 11.9 Å². The number of likely N-dealkylation sites (N-methyl/N-ethyl adjacent to an activating group) is 1. The van der Waals surface area contributed by atoms with Crippen LogP contribution in [-0.2, 0) is 17.6 Å². The first-order valence-electron chi connectivity index (χ1n) is 9.50. The molecule has 1 aliphatic rings. The van der Waals surface area contributed by atoms with Gasteiger partial charge in [-0.1, -0.05) is 36.4 Å². The number of terminal acetylenes is 1. The van der Waals surface area contributed by atoms with Crippen LogP contribution < -0.4 is 10.2 Å². The molecular weight excluding hydrogens is 380 g/mol. The Morgan fingerprint density at radius 1 is 1.27 bits per heavy atom. The van der Waals surface area contributed by atoms with Crippen LogP contribution in [0.15, 0.2) is 48.7 Å². The minimum absolute atomic E-state index is 0.0343. The second kappa shape index (κ2) is 8.17. The summed E-state index contributed by atoms with van der Waals surface area (Å²) in [6, 6.07) is 12.5. The Labute approximate surface area is 173 Å². The van der Waals surface area contributed by atoms with E-state index in [1.54, 1.807) is 19.3 Å². The Balaban J connectivity index is 1.52. The molecule has 2 aromatic heterocycles. The molecule has 0 saturated carbocycles. The highest BCUT2D eigenvalue weighted by Crippen LogP contribution is 2.26. The van der Waals surface area contributed by atoms with E-state index < -0.39 is 17.9 Å². The van der Waals surface area contributed by atoms with Crippen LogP contribution >= 0.6 is 0 Å². The first kappa shape index (κ1) is 19.3. The summed E-state index contributed by atoms with van der Waals surface area (Å²) in [4.78, 5) is 34.4. The number of fused-ring (bicyclic) bond motifs is 1. The molecule has 150 valence electrons. The Kier molecular flexibility index (Phi) is 5.26. The van der Waals surface area contributed by atoms with Gasteiger partial charge in [0.1, 0.15) is 17.7 Å². The monoisotopic (exact) mass is 400 g/mol. The molecule has 2 amide bonds. The molecule has 1 aliphatic heterocycles. The molecule has 30 heavy (non-hydrogen) atoms. The maximum atomic E-state index is 13.0. The smallest absolute Gasteiger partial charge is 0.289 e. The minimum Gasteiger partial charge on any atom is -0.336 e. The van der Waals surface area contributed by atoms with Crippen molar-refractivity contribution in [3.8, 4) is 12.3 Å². The van der Waals surface area contributed by atoms with Crippen LogP contribution in [0.2, 0.25) is 0 Å². The van der Waals surface area contributed by atoms with Gasteiger partial charge in [0.2, 0.25) is 5.82 Å². The largest absolute Gasteiger partial charge is 0.336 e. The molecule has 0 aliphatic carbocycles. The highest BCUT2D eigenvalue weighted by atomic mass is 16.2. The van der Waals surface area contributed by atoms with E-state index in [4.69, 9.17) is 6.42 Å². The number of rotatable bonds is 4. The first-order chi connectivity index (χ1) is 14.6. The van der Waals surface area contributed by atoms with E-state index in [9.17, 15) is 9.59 Å². The Morgan fingerprint density at radius 3 is 2.83 bits per heavy atom. The number of anilines is 1. The van der Waals surface area contributed by atoms with Crippen LogP contribution in [0.4, 0.5) is 5.82 Å². The normalized spacial score (nSPS) is 18.3. The molecule has 0 fully saturated rings. The SMILES string of the molecule is C#C[C@@H]1Cc2cccnc2N(C)C(=O)[C@@H]1NC(=O)c1nnc(Cc2ccccc2)[nH]1. The van der Waals surface area contributed by atoms with Crippen LogP contribution in [0.25, 0.3) is 0 Å². The molecule has 2 N–H and O–H groups in total. The highest BCUT2D eigenvalue weighted by molar-refractivity contribution is 6.01. The molecule has 0 saturated heterocycles. The molecule has 0 bridgehead atoms. The summed E-state index contributed by atoms with van der Waals surface area (Å²) >= 11 is 0. The number of H-pyrrole nitrogens is 1. The van der Waals surface area contributed by atoms with Crippen molar-refractivity contribution in [2.24, 2.45) is 5.92 Å². The Morgan fingerprint density at radius 2 is 2.07 bits per heavy atom. The van der Waals surface area contributed by atoms with Crippen molar-refractivity contribution in [2.45, 2.75) is 18.9 Å². The fourth-order valence-corrected chi connectivity index (χ4v) is 3.53. The number of pyridine rings is 1. The first-order valence-corrected chi connectivity index (χ1v) is 9.50. The number of carbonyl (C=O) groups excluding carboxylic acids is 2. The van der Waals surface area contributed by atoms with Crippen molar-refractivity contribution in [3.63, 3.8) is 0 Å². The number of nitrogens with zero attached hydrogens (tertiary/aromatic N) is 4.